The summed E-state index contributed by atoms with van der Waals surface area (Å²) in [6.07, 6.45) is 1.22. The molecule has 0 amide bonds. The molecule has 0 radical (unpaired) electrons. The Morgan fingerprint density at radius 3 is 2.60 bits per heavy atom. The van der Waals surface area contributed by atoms with Crippen LogP contribution in [0, 0.1) is 11.6 Å². The van der Waals surface area contributed by atoms with Crippen molar-refractivity contribution < 1.29 is 13.9 Å². The summed E-state index contributed by atoms with van der Waals surface area (Å²) in [5.74, 6) is -0.789. The molecule has 1 aromatic rings. The molecule has 1 aliphatic rings. The molecule has 0 spiro atoms. The largest absolute Gasteiger partial charge is 0.396 e. The lowest BCUT2D eigenvalue weighted by Gasteiger charge is -2.35. The first-order valence-electron chi connectivity index (χ1n) is 6.73. The van der Waals surface area contributed by atoms with Gasteiger partial charge < -0.3 is 10.4 Å². The minimum Gasteiger partial charge on any atom is -0.396 e. The van der Waals surface area contributed by atoms with Gasteiger partial charge in [-0.1, -0.05) is 0 Å². The number of hydrogen-bond donors (Lipinski definition) is 2. The zero-order valence-electron chi connectivity index (χ0n) is 11.3. The van der Waals surface area contributed by atoms with E-state index >= 15 is 0 Å². The van der Waals surface area contributed by atoms with E-state index in [0.717, 1.165) is 32.2 Å². The van der Waals surface area contributed by atoms with Crippen molar-refractivity contribution in [2.24, 2.45) is 0 Å². The highest BCUT2D eigenvalue weighted by Crippen LogP contribution is 2.28. The monoisotopic (exact) mass is 306 g/mol. The number of piperazine rings is 1. The smallest absolute Gasteiger partial charge is 0.128 e. The highest BCUT2D eigenvalue weighted by atomic mass is 35.5. The Morgan fingerprint density at radius 1 is 1.25 bits per heavy atom. The van der Waals surface area contributed by atoms with Crippen molar-refractivity contribution in [3.8, 4) is 0 Å². The molecule has 0 bridgehead atoms. The van der Waals surface area contributed by atoms with Crippen LogP contribution in [0.4, 0.5) is 8.78 Å². The van der Waals surface area contributed by atoms with Gasteiger partial charge in [0.15, 0.2) is 0 Å². The topological polar surface area (TPSA) is 35.5 Å². The van der Waals surface area contributed by atoms with Crippen LogP contribution in [0.15, 0.2) is 18.2 Å². The number of aliphatic hydroxyl groups is 1. The lowest BCUT2D eigenvalue weighted by atomic mass is 9.99. The van der Waals surface area contributed by atoms with E-state index in [4.69, 9.17) is 5.11 Å². The summed E-state index contributed by atoms with van der Waals surface area (Å²) >= 11 is 0. The van der Waals surface area contributed by atoms with E-state index in [-0.39, 0.29) is 30.9 Å². The molecular weight excluding hydrogens is 286 g/mol. The molecule has 6 heteroatoms. The predicted octanol–water partition coefficient (Wildman–Crippen LogP) is 2.11. The molecule has 114 valence electrons. The Balaban J connectivity index is 0.00000200. The molecule has 1 aromatic carbocycles. The van der Waals surface area contributed by atoms with Crippen molar-refractivity contribution in [1.29, 1.82) is 0 Å². The Kier molecular flexibility index (Phi) is 7.37. The van der Waals surface area contributed by atoms with Gasteiger partial charge >= 0.3 is 0 Å². The zero-order chi connectivity index (χ0) is 13.7. The van der Waals surface area contributed by atoms with Crippen LogP contribution in [0.5, 0.6) is 0 Å². The summed E-state index contributed by atoms with van der Waals surface area (Å²) in [4.78, 5) is 2.16. The highest BCUT2D eigenvalue weighted by Gasteiger charge is 2.24. The summed E-state index contributed by atoms with van der Waals surface area (Å²) < 4.78 is 27.3. The molecule has 2 rings (SSSR count). The number of nitrogens with zero attached hydrogens (tertiary/aromatic N) is 1. The van der Waals surface area contributed by atoms with Crippen LogP contribution in [-0.2, 0) is 0 Å². The molecular formula is C14H21ClF2N2O. The van der Waals surface area contributed by atoms with E-state index in [1.165, 1.54) is 12.1 Å². The van der Waals surface area contributed by atoms with Gasteiger partial charge in [-0.15, -0.1) is 12.4 Å². The fourth-order valence-electron chi connectivity index (χ4n) is 2.58. The van der Waals surface area contributed by atoms with Crippen molar-refractivity contribution in [3.63, 3.8) is 0 Å². The second kappa shape index (κ2) is 8.52. The van der Waals surface area contributed by atoms with Crippen molar-refractivity contribution in [3.05, 3.63) is 35.4 Å². The predicted molar refractivity (Wildman–Crippen MR) is 77.1 cm³/mol. The van der Waals surface area contributed by atoms with E-state index < -0.39 is 5.82 Å². The van der Waals surface area contributed by atoms with Crippen LogP contribution < -0.4 is 5.32 Å². The van der Waals surface area contributed by atoms with Crippen molar-refractivity contribution in [2.45, 2.75) is 18.9 Å². The van der Waals surface area contributed by atoms with Gasteiger partial charge in [-0.3, -0.25) is 4.90 Å². The molecule has 0 unspecified atom stereocenters. The number of nitrogens with one attached hydrogen (secondary N) is 1. The van der Waals surface area contributed by atoms with Crippen molar-refractivity contribution >= 4 is 12.4 Å². The van der Waals surface area contributed by atoms with Crippen molar-refractivity contribution in [1.82, 2.24) is 10.2 Å². The maximum atomic E-state index is 13.9. The van der Waals surface area contributed by atoms with Crippen molar-refractivity contribution in [2.75, 3.05) is 32.8 Å². The first-order valence-corrected chi connectivity index (χ1v) is 6.73. The van der Waals surface area contributed by atoms with Crippen LogP contribution in [0.3, 0.4) is 0 Å². The first kappa shape index (κ1) is 17.3. The standard InChI is InChI=1S/C14H20F2N2O.ClH/c15-11-3-4-13(16)12(10-11)14(2-1-9-19)18-7-5-17-6-8-18;/h3-4,10,14,17,19H,1-2,5-9H2;1H/t14-;/m1./s1. The minimum absolute atomic E-state index is 0. The lowest BCUT2D eigenvalue weighted by molar-refractivity contribution is 0.151. The molecule has 0 saturated carbocycles. The van der Waals surface area contributed by atoms with Gasteiger partial charge in [0.2, 0.25) is 0 Å². The number of rotatable bonds is 5. The molecule has 20 heavy (non-hydrogen) atoms. The van der Waals surface area contributed by atoms with Crippen LogP contribution in [0.2, 0.25) is 0 Å². The zero-order valence-corrected chi connectivity index (χ0v) is 12.1. The average Bonchev–Trinajstić information content (AvgIpc) is 2.44. The Morgan fingerprint density at radius 2 is 1.95 bits per heavy atom. The van der Waals surface area contributed by atoms with E-state index in [9.17, 15) is 8.78 Å². The second-order valence-electron chi connectivity index (χ2n) is 4.83. The van der Waals surface area contributed by atoms with Crippen LogP contribution in [0.1, 0.15) is 24.4 Å². The van der Waals surface area contributed by atoms with Gasteiger partial charge in [-0.25, -0.2) is 8.78 Å². The number of halogens is 3. The third kappa shape index (κ3) is 4.38. The molecule has 1 atom stereocenters. The second-order valence-corrected chi connectivity index (χ2v) is 4.83. The summed E-state index contributed by atoms with van der Waals surface area (Å²) in [6, 6.07) is 3.43. The Labute approximate surface area is 124 Å². The van der Waals surface area contributed by atoms with Gasteiger partial charge in [0.1, 0.15) is 11.6 Å². The third-order valence-corrected chi connectivity index (χ3v) is 3.55. The third-order valence-electron chi connectivity index (χ3n) is 3.55. The number of hydrogen-bond acceptors (Lipinski definition) is 3. The fourth-order valence-corrected chi connectivity index (χ4v) is 2.58. The normalized spacial score (nSPS) is 17.6. The Hall–Kier alpha value is -0.750. The van der Waals surface area contributed by atoms with E-state index in [2.05, 4.69) is 10.2 Å². The molecule has 1 aliphatic heterocycles. The van der Waals surface area contributed by atoms with Gasteiger partial charge in [0.25, 0.3) is 0 Å². The summed E-state index contributed by atoms with van der Waals surface area (Å²) in [5, 5.41) is 12.2. The summed E-state index contributed by atoms with van der Waals surface area (Å²) in [6.45, 7) is 3.40. The minimum atomic E-state index is -0.416. The quantitative estimate of drug-likeness (QED) is 0.874. The van der Waals surface area contributed by atoms with Gasteiger partial charge in [-0.2, -0.15) is 0 Å². The average molecular weight is 307 g/mol. The molecule has 1 fully saturated rings. The fraction of sp³-hybridized carbons (Fsp3) is 0.571. The van der Waals surface area contributed by atoms with Crippen LogP contribution in [-0.4, -0.2) is 42.8 Å². The lowest BCUT2D eigenvalue weighted by Crippen LogP contribution is -2.45. The molecule has 0 aliphatic carbocycles. The van der Waals surface area contributed by atoms with E-state index in [1.54, 1.807) is 0 Å². The molecule has 2 N–H and O–H groups in total. The van der Waals surface area contributed by atoms with Gasteiger partial charge in [0, 0.05) is 44.4 Å². The molecule has 1 saturated heterocycles. The number of aliphatic hydroxyl groups excluding tert-OH is 1. The van der Waals surface area contributed by atoms with Gasteiger partial charge in [-0.05, 0) is 31.0 Å². The molecule has 1 heterocycles. The van der Waals surface area contributed by atoms with E-state index in [0.29, 0.717) is 18.4 Å². The first-order chi connectivity index (χ1) is 9.22. The molecule has 0 aromatic heterocycles. The van der Waals surface area contributed by atoms with E-state index in [1.807, 2.05) is 0 Å². The molecule has 3 nitrogen and oxygen atoms in total. The van der Waals surface area contributed by atoms with Gasteiger partial charge in [0.05, 0.1) is 0 Å². The Bertz CT molecular complexity index is 414. The maximum Gasteiger partial charge on any atom is 0.128 e. The summed E-state index contributed by atoms with van der Waals surface area (Å²) in [5.41, 5.74) is 0.398. The maximum absolute atomic E-state index is 13.9. The van der Waals surface area contributed by atoms with Crippen LogP contribution in [0.25, 0.3) is 0 Å². The highest BCUT2D eigenvalue weighted by molar-refractivity contribution is 5.85. The van der Waals surface area contributed by atoms with Crippen LogP contribution >= 0.6 is 12.4 Å². The number of benzene rings is 1. The summed E-state index contributed by atoms with van der Waals surface area (Å²) in [7, 11) is 0. The SMILES string of the molecule is Cl.OCCC[C@H](c1cc(F)ccc1F)N1CCNCC1.